The number of hydrogen-bond acceptors (Lipinski definition) is 6. The molecule has 136 valence electrons. The summed E-state index contributed by atoms with van der Waals surface area (Å²) in [4.78, 5) is 17.7. The quantitative estimate of drug-likeness (QED) is 0.721. The number of anilines is 1. The summed E-state index contributed by atoms with van der Waals surface area (Å²) in [6.07, 6.45) is 1.55. The maximum Gasteiger partial charge on any atom is 0.275 e. The van der Waals surface area contributed by atoms with E-state index in [4.69, 9.17) is 4.42 Å². The lowest BCUT2D eigenvalue weighted by Crippen LogP contribution is -2.22. The molecule has 0 aliphatic rings. The summed E-state index contributed by atoms with van der Waals surface area (Å²) in [5.74, 6) is 0.246. The Morgan fingerprint density at radius 2 is 1.88 bits per heavy atom. The van der Waals surface area contributed by atoms with Crippen LogP contribution in [0.1, 0.15) is 15.4 Å². The summed E-state index contributed by atoms with van der Waals surface area (Å²) in [6.45, 7) is 1.81. The monoisotopic (exact) mass is 391 g/mol. The van der Waals surface area contributed by atoms with Gasteiger partial charge in [0.25, 0.3) is 5.91 Å². The van der Waals surface area contributed by atoms with E-state index in [1.807, 2.05) is 6.92 Å². The second-order valence-electron chi connectivity index (χ2n) is 5.67. The van der Waals surface area contributed by atoms with Crippen LogP contribution in [0.3, 0.4) is 0 Å². The zero-order chi connectivity index (χ0) is 18.9. The molecule has 0 aliphatic carbocycles. The van der Waals surface area contributed by atoms with Crippen molar-refractivity contribution in [1.29, 1.82) is 0 Å². The van der Waals surface area contributed by atoms with Crippen LogP contribution in [0.15, 0.2) is 52.0 Å². The zero-order valence-electron chi connectivity index (χ0n) is 14.4. The first-order valence-electron chi connectivity index (χ1n) is 7.64. The first-order valence-corrected chi connectivity index (χ1v) is 9.90. The molecule has 26 heavy (non-hydrogen) atoms. The third-order valence-electron chi connectivity index (χ3n) is 3.63. The van der Waals surface area contributed by atoms with Gasteiger partial charge in [-0.05, 0) is 43.3 Å². The lowest BCUT2D eigenvalue weighted by atomic mass is 10.3. The number of nitrogens with zero attached hydrogens (tertiary/aromatic N) is 2. The number of aryl methyl sites for hydroxylation is 1. The summed E-state index contributed by atoms with van der Waals surface area (Å²) < 4.78 is 30.6. The molecular weight excluding hydrogens is 374 g/mol. The minimum atomic E-state index is -3.50. The number of benzene rings is 1. The molecule has 0 atom stereocenters. The Kier molecular flexibility index (Phi) is 4.94. The van der Waals surface area contributed by atoms with Gasteiger partial charge in [-0.1, -0.05) is 0 Å². The summed E-state index contributed by atoms with van der Waals surface area (Å²) >= 11 is 1.37. The lowest BCUT2D eigenvalue weighted by molar-refractivity contribution is 0.102. The first-order chi connectivity index (χ1) is 12.3. The van der Waals surface area contributed by atoms with Crippen LogP contribution >= 0.6 is 11.3 Å². The fourth-order valence-corrected chi connectivity index (χ4v) is 4.00. The smallest absolute Gasteiger partial charge is 0.275 e. The van der Waals surface area contributed by atoms with E-state index in [-0.39, 0.29) is 10.8 Å². The van der Waals surface area contributed by atoms with E-state index < -0.39 is 10.0 Å². The van der Waals surface area contributed by atoms with E-state index >= 15 is 0 Å². The molecule has 0 unspecified atom stereocenters. The van der Waals surface area contributed by atoms with Crippen LogP contribution in [0.2, 0.25) is 0 Å². The Morgan fingerprint density at radius 3 is 2.46 bits per heavy atom. The van der Waals surface area contributed by atoms with Crippen molar-refractivity contribution >= 4 is 33.0 Å². The highest BCUT2D eigenvalue weighted by Gasteiger charge is 2.19. The Labute approximate surface area is 155 Å². The largest absolute Gasteiger partial charge is 0.462 e. The van der Waals surface area contributed by atoms with Gasteiger partial charge in [0, 0.05) is 24.7 Å². The Balaban J connectivity index is 1.79. The van der Waals surface area contributed by atoms with Crippen molar-refractivity contribution in [2.24, 2.45) is 0 Å². The van der Waals surface area contributed by atoms with Gasteiger partial charge >= 0.3 is 0 Å². The van der Waals surface area contributed by atoms with E-state index in [2.05, 4.69) is 10.3 Å². The highest BCUT2D eigenvalue weighted by Crippen LogP contribution is 2.28. The number of furan rings is 1. The van der Waals surface area contributed by atoms with Crippen LogP contribution in [0.25, 0.3) is 10.8 Å². The third-order valence-corrected chi connectivity index (χ3v) is 6.45. The number of nitrogens with one attached hydrogen (secondary N) is 1. The molecule has 0 radical (unpaired) electrons. The van der Waals surface area contributed by atoms with Crippen LogP contribution in [-0.4, -0.2) is 37.7 Å². The molecule has 1 N–H and O–H groups in total. The predicted molar refractivity (Wildman–Crippen MR) is 99.8 cm³/mol. The van der Waals surface area contributed by atoms with Crippen LogP contribution in [0, 0.1) is 6.92 Å². The molecule has 0 saturated carbocycles. The minimum Gasteiger partial charge on any atom is -0.462 e. The first kappa shape index (κ1) is 18.3. The molecule has 0 bridgehead atoms. The van der Waals surface area contributed by atoms with Crippen molar-refractivity contribution in [3.63, 3.8) is 0 Å². The fraction of sp³-hybridized carbons (Fsp3) is 0.176. The number of thiazole rings is 1. The zero-order valence-corrected chi connectivity index (χ0v) is 16.0. The van der Waals surface area contributed by atoms with Gasteiger partial charge in [-0.15, -0.1) is 11.3 Å². The molecule has 0 spiro atoms. The van der Waals surface area contributed by atoms with E-state index in [9.17, 15) is 13.2 Å². The van der Waals surface area contributed by atoms with Gasteiger partial charge < -0.3 is 9.73 Å². The average Bonchev–Trinajstić information content (AvgIpc) is 3.24. The highest BCUT2D eigenvalue weighted by molar-refractivity contribution is 7.89. The summed E-state index contributed by atoms with van der Waals surface area (Å²) in [5, 5.41) is 3.36. The molecule has 9 heteroatoms. The topological polar surface area (TPSA) is 92.5 Å². The molecule has 0 fully saturated rings. The van der Waals surface area contributed by atoms with Crippen molar-refractivity contribution in [3.05, 3.63) is 53.2 Å². The molecule has 1 amide bonds. The van der Waals surface area contributed by atoms with Gasteiger partial charge in [0.15, 0.2) is 10.8 Å². The molecule has 0 aliphatic heterocycles. The van der Waals surface area contributed by atoms with Gasteiger partial charge in [0.1, 0.15) is 5.69 Å². The van der Waals surface area contributed by atoms with Gasteiger partial charge in [0.2, 0.25) is 10.0 Å². The predicted octanol–water partition coefficient (Wildman–Crippen LogP) is 3.21. The Bertz CT molecular complexity index is 1020. The van der Waals surface area contributed by atoms with Crippen molar-refractivity contribution in [2.75, 3.05) is 19.4 Å². The van der Waals surface area contributed by atoms with Gasteiger partial charge in [-0.25, -0.2) is 17.7 Å². The number of amides is 1. The summed E-state index contributed by atoms with van der Waals surface area (Å²) in [5.41, 5.74) is 0.797. The summed E-state index contributed by atoms with van der Waals surface area (Å²) in [6, 6.07) is 9.53. The second-order valence-corrected chi connectivity index (χ2v) is 9.02. The molecule has 0 saturated heterocycles. The van der Waals surface area contributed by atoms with Crippen molar-refractivity contribution in [3.8, 4) is 10.8 Å². The number of rotatable bonds is 5. The van der Waals surface area contributed by atoms with Gasteiger partial charge in [-0.2, -0.15) is 0 Å². The van der Waals surface area contributed by atoms with Crippen molar-refractivity contribution < 1.29 is 17.6 Å². The number of carbonyl (C=O) groups is 1. The van der Waals surface area contributed by atoms with Crippen LogP contribution in [-0.2, 0) is 10.0 Å². The SMILES string of the molecule is Cc1sc(-c2ccco2)nc1C(=O)Nc1ccc(S(=O)(=O)N(C)C)cc1. The van der Waals surface area contributed by atoms with Crippen LogP contribution in [0.4, 0.5) is 5.69 Å². The molecule has 3 rings (SSSR count). The average molecular weight is 391 g/mol. The summed E-state index contributed by atoms with van der Waals surface area (Å²) in [7, 11) is -0.573. The Morgan fingerprint density at radius 1 is 1.19 bits per heavy atom. The number of carbonyl (C=O) groups excluding carboxylic acids is 1. The van der Waals surface area contributed by atoms with E-state index in [0.29, 0.717) is 22.1 Å². The normalized spacial score (nSPS) is 11.7. The third kappa shape index (κ3) is 3.55. The lowest BCUT2D eigenvalue weighted by Gasteiger charge is -2.11. The number of sulfonamides is 1. The molecule has 1 aromatic carbocycles. The maximum atomic E-state index is 12.5. The highest BCUT2D eigenvalue weighted by atomic mass is 32.2. The Hall–Kier alpha value is -2.49. The van der Waals surface area contributed by atoms with Crippen molar-refractivity contribution in [2.45, 2.75) is 11.8 Å². The fourth-order valence-electron chi connectivity index (χ4n) is 2.22. The molecule has 2 heterocycles. The van der Waals surface area contributed by atoms with E-state index in [1.54, 1.807) is 30.5 Å². The van der Waals surface area contributed by atoms with Crippen molar-refractivity contribution in [1.82, 2.24) is 9.29 Å². The van der Waals surface area contributed by atoms with Crippen LogP contribution < -0.4 is 5.32 Å². The molecule has 7 nitrogen and oxygen atoms in total. The van der Waals surface area contributed by atoms with E-state index in [0.717, 1.165) is 9.18 Å². The standard InChI is InChI=1S/C17H17N3O4S2/c1-11-15(19-17(25-11)14-5-4-10-24-14)16(21)18-12-6-8-13(9-7-12)26(22,23)20(2)3/h4-10H,1-3H3,(H,18,21). The maximum absolute atomic E-state index is 12.5. The minimum absolute atomic E-state index is 0.158. The molecular formula is C17H17N3O4S2. The second kappa shape index (κ2) is 7.02. The molecule has 2 aromatic heterocycles. The van der Waals surface area contributed by atoms with E-state index in [1.165, 1.54) is 37.6 Å². The van der Waals surface area contributed by atoms with Gasteiger partial charge in [0.05, 0.1) is 11.2 Å². The number of hydrogen-bond donors (Lipinski definition) is 1. The number of aromatic nitrogens is 1. The molecule has 3 aromatic rings. The van der Waals surface area contributed by atoms with Gasteiger partial charge in [-0.3, -0.25) is 4.79 Å². The van der Waals surface area contributed by atoms with Crippen LogP contribution in [0.5, 0.6) is 0 Å².